The van der Waals surface area contributed by atoms with Crippen LogP contribution in [0.15, 0.2) is 24.5 Å². The summed E-state index contributed by atoms with van der Waals surface area (Å²) in [5.74, 6) is 1.97. The Kier molecular flexibility index (Phi) is 2.47. The number of aromatic nitrogens is 4. The minimum Gasteiger partial charge on any atom is -0.307 e. The summed E-state index contributed by atoms with van der Waals surface area (Å²) in [7, 11) is 0. The van der Waals surface area contributed by atoms with E-state index in [9.17, 15) is 0 Å². The standard InChI is InChI=1S/C11H11BrN4/c12-7-10-14-15-11(16(10)9-1-2-9)8-3-5-13-6-4-8/h3-6,9H,1-2,7H2. The molecule has 16 heavy (non-hydrogen) atoms. The molecule has 0 aromatic carbocycles. The van der Waals surface area contributed by atoms with Gasteiger partial charge in [-0.3, -0.25) is 4.98 Å². The molecular formula is C11H11BrN4. The first kappa shape index (κ1) is 9.96. The van der Waals surface area contributed by atoms with Crippen LogP contribution in [0.3, 0.4) is 0 Å². The zero-order valence-corrected chi connectivity index (χ0v) is 10.3. The van der Waals surface area contributed by atoms with Crippen LogP contribution in [0.5, 0.6) is 0 Å². The molecule has 1 fully saturated rings. The van der Waals surface area contributed by atoms with Crippen LogP contribution in [0.25, 0.3) is 11.4 Å². The van der Waals surface area contributed by atoms with E-state index in [0.29, 0.717) is 6.04 Å². The largest absolute Gasteiger partial charge is 0.307 e. The lowest BCUT2D eigenvalue weighted by atomic mass is 10.2. The lowest BCUT2D eigenvalue weighted by molar-refractivity contribution is 0.714. The molecule has 2 aromatic heterocycles. The van der Waals surface area contributed by atoms with Crippen molar-refractivity contribution in [1.29, 1.82) is 0 Å². The monoisotopic (exact) mass is 278 g/mol. The van der Waals surface area contributed by atoms with Gasteiger partial charge in [-0.25, -0.2) is 0 Å². The molecule has 3 rings (SSSR count). The highest BCUT2D eigenvalue weighted by Gasteiger charge is 2.29. The molecule has 0 bridgehead atoms. The van der Waals surface area contributed by atoms with E-state index < -0.39 is 0 Å². The normalized spacial score (nSPS) is 15.3. The van der Waals surface area contributed by atoms with Crippen molar-refractivity contribution < 1.29 is 0 Å². The van der Waals surface area contributed by atoms with Crippen molar-refractivity contribution in [2.24, 2.45) is 0 Å². The minimum absolute atomic E-state index is 0.589. The molecule has 4 nitrogen and oxygen atoms in total. The van der Waals surface area contributed by atoms with Gasteiger partial charge in [-0.15, -0.1) is 10.2 Å². The van der Waals surface area contributed by atoms with E-state index in [4.69, 9.17) is 0 Å². The predicted octanol–water partition coefficient (Wildman–Crippen LogP) is 2.57. The second-order valence-electron chi connectivity index (χ2n) is 3.91. The molecule has 1 aliphatic carbocycles. The lowest BCUT2D eigenvalue weighted by Crippen LogP contribution is -2.01. The number of halogens is 1. The fourth-order valence-corrected chi connectivity index (χ4v) is 2.21. The van der Waals surface area contributed by atoms with Crippen LogP contribution < -0.4 is 0 Å². The predicted molar refractivity (Wildman–Crippen MR) is 64.2 cm³/mol. The molecular weight excluding hydrogens is 268 g/mol. The first-order valence-corrected chi connectivity index (χ1v) is 6.42. The average molecular weight is 279 g/mol. The fraction of sp³-hybridized carbons (Fsp3) is 0.364. The second kappa shape index (κ2) is 3.97. The zero-order chi connectivity index (χ0) is 11.0. The van der Waals surface area contributed by atoms with E-state index >= 15 is 0 Å². The molecule has 0 N–H and O–H groups in total. The number of hydrogen-bond donors (Lipinski definition) is 0. The Labute approximate surface area is 102 Å². The van der Waals surface area contributed by atoms with Crippen LogP contribution in [-0.4, -0.2) is 19.7 Å². The van der Waals surface area contributed by atoms with Crippen LogP contribution >= 0.6 is 15.9 Å². The Morgan fingerprint density at radius 1 is 1.25 bits per heavy atom. The maximum atomic E-state index is 4.27. The van der Waals surface area contributed by atoms with Crippen molar-refractivity contribution in [3.8, 4) is 11.4 Å². The van der Waals surface area contributed by atoms with Crippen LogP contribution in [0.4, 0.5) is 0 Å². The van der Waals surface area contributed by atoms with Crippen LogP contribution in [-0.2, 0) is 5.33 Å². The number of nitrogens with zero attached hydrogens (tertiary/aromatic N) is 4. The molecule has 5 heteroatoms. The third-order valence-electron chi connectivity index (χ3n) is 2.74. The summed E-state index contributed by atoms with van der Waals surface area (Å²) in [5.41, 5.74) is 1.08. The highest BCUT2D eigenvalue weighted by molar-refractivity contribution is 9.08. The van der Waals surface area contributed by atoms with Gasteiger partial charge in [-0.05, 0) is 25.0 Å². The van der Waals surface area contributed by atoms with E-state index in [1.807, 2.05) is 12.1 Å². The summed E-state index contributed by atoms with van der Waals surface area (Å²) in [5, 5.41) is 9.24. The van der Waals surface area contributed by atoms with E-state index in [0.717, 1.165) is 22.5 Å². The van der Waals surface area contributed by atoms with Gasteiger partial charge in [0.15, 0.2) is 5.82 Å². The van der Waals surface area contributed by atoms with Crippen LogP contribution in [0.1, 0.15) is 24.7 Å². The smallest absolute Gasteiger partial charge is 0.164 e. The van der Waals surface area contributed by atoms with Crippen molar-refractivity contribution in [3.05, 3.63) is 30.4 Å². The van der Waals surface area contributed by atoms with Crippen LogP contribution in [0.2, 0.25) is 0 Å². The molecule has 0 saturated heterocycles. The number of pyridine rings is 1. The molecule has 1 aliphatic rings. The number of hydrogen-bond acceptors (Lipinski definition) is 3. The number of rotatable bonds is 3. The minimum atomic E-state index is 0.589. The Morgan fingerprint density at radius 3 is 2.62 bits per heavy atom. The Hall–Kier alpha value is -1.23. The Morgan fingerprint density at radius 2 is 2.00 bits per heavy atom. The molecule has 0 spiro atoms. The van der Waals surface area contributed by atoms with Gasteiger partial charge in [0.25, 0.3) is 0 Å². The summed E-state index contributed by atoms with van der Waals surface area (Å²) in [6, 6.07) is 4.53. The van der Waals surface area contributed by atoms with Crippen molar-refractivity contribution in [2.75, 3.05) is 0 Å². The van der Waals surface area contributed by atoms with Crippen LogP contribution in [0, 0.1) is 0 Å². The maximum Gasteiger partial charge on any atom is 0.164 e. The molecule has 0 atom stereocenters. The maximum absolute atomic E-state index is 4.27. The van der Waals surface area contributed by atoms with Gasteiger partial charge in [0, 0.05) is 24.0 Å². The molecule has 2 aromatic rings. The van der Waals surface area contributed by atoms with Gasteiger partial charge < -0.3 is 4.57 Å². The van der Waals surface area contributed by atoms with Crippen molar-refractivity contribution in [2.45, 2.75) is 24.2 Å². The third kappa shape index (κ3) is 1.65. The number of alkyl halides is 1. The first-order chi connectivity index (χ1) is 7.90. The molecule has 2 heterocycles. The van der Waals surface area contributed by atoms with Gasteiger partial charge in [0.05, 0.1) is 5.33 Å². The van der Waals surface area contributed by atoms with Gasteiger partial charge in [-0.1, -0.05) is 15.9 Å². The first-order valence-electron chi connectivity index (χ1n) is 5.30. The Balaban J connectivity index is 2.10. The van der Waals surface area contributed by atoms with E-state index in [2.05, 4.69) is 35.7 Å². The summed E-state index contributed by atoms with van der Waals surface area (Å²) < 4.78 is 2.24. The van der Waals surface area contributed by atoms with E-state index in [1.54, 1.807) is 12.4 Å². The van der Waals surface area contributed by atoms with Gasteiger partial charge in [0.1, 0.15) is 5.82 Å². The van der Waals surface area contributed by atoms with E-state index in [-0.39, 0.29) is 0 Å². The van der Waals surface area contributed by atoms with Gasteiger partial charge in [-0.2, -0.15) is 0 Å². The summed E-state index contributed by atoms with van der Waals surface area (Å²) >= 11 is 3.45. The molecule has 82 valence electrons. The van der Waals surface area contributed by atoms with Crippen molar-refractivity contribution in [3.63, 3.8) is 0 Å². The van der Waals surface area contributed by atoms with Gasteiger partial charge >= 0.3 is 0 Å². The molecule has 0 aliphatic heterocycles. The molecule has 0 unspecified atom stereocenters. The summed E-state index contributed by atoms with van der Waals surface area (Å²) in [4.78, 5) is 4.02. The van der Waals surface area contributed by atoms with E-state index in [1.165, 1.54) is 12.8 Å². The van der Waals surface area contributed by atoms with Gasteiger partial charge in [0.2, 0.25) is 0 Å². The second-order valence-corrected chi connectivity index (χ2v) is 4.47. The zero-order valence-electron chi connectivity index (χ0n) is 8.67. The summed E-state index contributed by atoms with van der Waals surface area (Å²) in [6.45, 7) is 0. The van der Waals surface area contributed by atoms with Crippen molar-refractivity contribution in [1.82, 2.24) is 19.7 Å². The fourth-order valence-electron chi connectivity index (χ4n) is 1.83. The third-order valence-corrected chi connectivity index (χ3v) is 3.24. The quantitative estimate of drug-likeness (QED) is 0.811. The summed E-state index contributed by atoms with van der Waals surface area (Å²) in [6.07, 6.45) is 6.04. The molecule has 1 saturated carbocycles. The lowest BCUT2D eigenvalue weighted by Gasteiger charge is -2.06. The average Bonchev–Trinajstić information content (AvgIpc) is 3.09. The molecule has 0 radical (unpaired) electrons. The highest BCUT2D eigenvalue weighted by atomic mass is 79.9. The topological polar surface area (TPSA) is 43.6 Å². The molecule has 0 amide bonds. The SMILES string of the molecule is BrCc1nnc(-c2ccncc2)n1C1CC1. The highest BCUT2D eigenvalue weighted by Crippen LogP contribution is 2.39. The van der Waals surface area contributed by atoms with Crippen molar-refractivity contribution >= 4 is 15.9 Å². The Bertz CT molecular complexity index is 490.